The number of carbonyl (C=O) groups excluding carboxylic acids is 1. The Hall–Kier alpha value is -2.01. The number of hydrogen-bond acceptors (Lipinski definition) is 2. The Labute approximate surface area is 144 Å². The van der Waals surface area contributed by atoms with Gasteiger partial charge in [-0.1, -0.05) is 36.4 Å². The average Bonchev–Trinajstić information content (AvgIpc) is 2.58. The van der Waals surface area contributed by atoms with Crippen molar-refractivity contribution in [2.75, 3.05) is 6.54 Å². The van der Waals surface area contributed by atoms with Crippen LogP contribution >= 0.6 is 0 Å². The molecule has 2 aromatic rings. The van der Waals surface area contributed by atoms with Gasteiger partial charge in [0.1, 0.15) is 11.1 Å². The van der Waals surface area contributed by atoms with Gasteiger partial charge in [0.15, 0.2) is 0 Å². The highest BCUT2D eigenvalue weighted by molar-refractivity contribution is 7.85. The van der Waals surface area contributed by atoms with Crippen molar-refractivity contribution < 1.29 is 13.4 Å². The highest BCUT2D eigenvalue weighted by atomic mass is 32.2. The van der Waals surface area contributed by atoms with Crippen LogP contribution in [0.25, 0.3) is 0 Å². The van der Waals surface area contributed by atoms with E-state index in [9.17, 15) is 13.4 Å². The van der Waals surface area contributed by atoms with E-state index in [1.54, 1.807) is 19.1 Å². The van der Waals surface area contributed by atoms with Crippen LogP contribution < -0.4 is 5.32 Å². The van der Waals surface area contributed by atoms with Gasteiger partial charge >= 0.3 is 0 Å². The van der Waals surface area contributed by atoms with E-state index in [1.807, 2.05) is 31.2 Å². The minimum Gasteiger partial charge on any atom is -0.355 e. The molecule has 0 heterocycles. The predicted molar refractivity (Wildman–Crippen MR) is 95.6 cm³/mol. The molecule has 2 atom stereocenters. The van der Waals surface area contributed by atoms with Crippen molar-refractivity contribution in [1.82, 2.24) is 5.32 Å². The van der Waals surface area contributed by atoms with Gasteiger partial charge in [-0.3, -0.25) is 9.00 Å². The predicted octanol–water partition coefficient (Wildman–Crippen LogP) is 3.13. The van der Waals surface area contributed by atoms with Gasteiger partial charge < -0.3 is 5.32 Å². The maximum atomic E-state index is 12.8. The largest absolute Gasteiger partial charge is 0.355 e. The van der Waals surface area contributed by atoms with Crippen molar-refractivity contribution in [2.24, 2.45) is 0 Å². The highest BCUT2D eigenvalue weighted by Gasteiger charge is 2.20. The number of halogens is 1. The Bertz CT molecular complexity index is 716. The Morgan fingerprint density at radius 2 is 1.83 bits per heavy atom. The van der Waals surface area contributed by atoms with E-state index in [2.05, 4.69) is 5.32 Å². The monoisotopic (exact) mass is 347 g/mol. The first-order valence-electron chi connectivity index (χ1n) is 7.91. The quantitative estimate of drug-likeness (QED) is 0.836. The van der Waals surface area contributed by atoms with Gasteiger partial charge in [0.2, 0.25) is 5.91 Å². The molecule has 0 aromatic heterocycles. The first kappa shape index (κ1) is 18.3. The molecular formula is C19H22FNO2S. The number of amides is 1. The van der Waals surface area contributed by atoms with Crippen molar-refractivity contribution in [1.29, 1.82) is 0 Å². The molecule has 0 bridgehead atoms. The molecule has 0 unspecified atom stereocenters. The molecule has 1 N–H and O–H groups in total. The minimum absolute atomic E-state index is 0.218. The second-order valence-electron chi connectivity index (χ2n) is 5.76. The van der Waals surface area contributed by atoms with Gasteiger partial charge in [-0.2, -0.15) is 0 Å². The van der Waals surface area contributed by atoms with Crippen molar-refractivity contribution in [3.63, 3.8) is 0 Å². The minimum atomic E-state index is -1.27. The summed E-state index contributed by atoms with van der Waals surface area (Å²) in [7, 11) is -1.27. The zero-order valence-electron chi connectivity index (χ0n) is 13.9. The molecule has 0 saturated carbocycles. The van der Waals surface area contributed by atoms with Crippen LogP contribution in [0.4, 0.5) is 4.39 Å². The molecule has 3 nitrogen and oxygen atoms in total. The molecule has 0 saturated heterocycles. The van der Waals surface area contributed by atoms with Gasteiger partial charge in [0.05, 0.1) is 0 Å². The van der Waals surface area contributed by atoms with Crippen LogP contribution in [0.3, 0.4) is 0 Å². The maximum Gasteiger partial charge on any atom is 0.235 e. The lowest BCUT2D eigenvalue weighted by Crippen LogP contribution is -2.37. The van der Waals surface area contributed by atoms with E-state index in [4.69, 9.17) is 0 Å². The van der Waals surface area contributed by atoms with Crippen LogP contribution in [0.2, 0.25) is 0 Å². The zero-order chi connectivity index (χ0) is 17.5. The number of carbonyl (C=O) groups is 1. The molecule has 1 amide bonds. The van der Waals surface area contributed by atoms with Gasteiger partial charge in [0.25, 0.3) is 0 Å². The number of rotatable bonds is 7. The molecule has 2 aromatic carbocycles. The van der Waals surface area contributed by atoms with Gasteiger partial charge in [-0.25, -0.2) is 4.39 Å². The van der Waals surface area contributed by atoms with Gasteiger partial charge in [0, 0.05) is 23.1 Å². The zero-order valence-corrected chi connectivity index (χ0v) is 14.7. The lowest BCUT2D eigenvalue weighted by atomic mass is 10.1. The molecule has 128 valence electrons. The fourth-order valence-corrected chi connectivity index (χ4v) is 3.50. The Kier molecular flexibility index (Phi) is 6.67. The highest BCUT2D eigenvalue weighted by Crippen LogP contribution is 2.12. The summed E-state index contributed by atoms with van der Waals surface area (Å²) < 4.78 is 25.2. The smallest absolute Gasteiger partial charge is 0.235 e. The van der Waals surface area contributed by atoms with E-state index < -0.39 is 16.0 Å². The van der Waals surface area contributed by atoms with Crippen molar-refractivity contribution in [3.05, 3.63) is 71.0 Å². The molecule has 0 aliphatic rings. The second kappa shape index (κ2) is 8.73. The van der Waals surface area contributed by atoms with Gasteiger partial charge in [-0.15, -0.1) is 0 Å². The van der Waals surface area contributed by atoms with Gasteiger partial charge in [-0.05, 0) is 49.1 Å². The summed E-state index contributed by atoms with van der Waals surface area (Å²) in [5, 5.41) is 2.23. The Morgan fingerprint density at radius 1 is 1.17 bits per heavy atom. The van der Waals surface area contributed by atoms with E-state index in [1.165, 1.54) is 12.1 Å². The summed E-state index contributed by atoms with van der Waals surface area (Å²) >= 11 is 0. The van der Waals surface area contributed by atoms with E-state index >= 15 is 0 Å². The summed E-state index contributed by atoms with van der Waals surface area (Å²) in [4.78, 5) is 12.1. The Morgan fingerprint density at radius 3 is 2.50 bits per heavy atom. The summed E-state index contributed by atoms with van der Waals surface area (Å²) in [5.41, 5.74) is 3.03. The summed E-state index contributed by atoms with van der Waals surface area (Å²) in [6.45, 7) is 4.10. The van der Waals surface area contributed by atoms with E-state index in [0.29, 0.717) is 18.7 Å². The second-order valence-corrected chi connectivity index (χ2v) is 7.52. The first-order chi connectivity index (χ1) is 11.5. The summed E-state index contributed by atoms with van der Waals surface area (Å²) in [6.07, 6.45) is 0.614. The molecule has 24 heavy (non-hydrogen) atoms. The Balaban J connectivity index is 1.82. The molecule has 0 radical (unpaired) electrons. The molecule has 0 aliphatic carbocycles. The fourth-order valence-electron chi connectivity index (χ4n) is 2.29. The van der Waals surface area contributed by atoms with Crippen LogP contribution in [0.5, 0.6) is 0 Å². The lowest BCUT2D eigenvalue weighted by Gasteiger charge is -2.13. The third-order valence-corrected chi connectivity index (χ3v) is 5.55. The maximum absolute atomic E-state index is 12.8. The van der Waals surface area contributed by atoms with Crippen LogP contribution in [0, 0.1) is 12.7 Å². The number of hydrogen-bond donors (Lipinski definition) is 1. The molecule has 0 aliphatic heterocycles. The normalized spacial score (nSPS) is 13.3. The fraction of sp³-hybridized carbons (Fsp3) is 0.316. The summed E-state index contributed by atoms with van der Waals surface area (Å²) in [6, 6.07) is 13.9. The molecular weight excluding hydrogens is 325 g/mol. The SMILES string of the molecule is Cc1ccccc1C[S@](=O)[C@@H](C)C(=O)NCCc1ccc(F)cc1. The van der Waals surface area contributed by atoms with Crippen molar-refractivity contribution in [2.45, 2.75) is 31.3 Å². The van der Waals surface area contributed by atoms with Crippen molar-refractivity contribution in [3.8, 4) is 0 Å². The molecule has 2 rings (SSSR count). The topological polar surface area (TPSA) is 46.2 Å². The van der Waals surface area contributed by atoms with Crippen LogP contribution in [-0.4, -0.2) is 21.9 Å². The average molecular weight is 347 g/mol. The van der Waals surface area contributed by atoms with Crippen LogP contribution in [0.1, 0.15) is 23.6 Å². The van der Waals surface area contributed by atoms with Crippen molar-refractivity contribution >= 4 is 16.7 Å². The third-order valence-electron chi connectivity index (χ3n) is 3.95. The summed E-state index contributed by atoms with van der Waals surface area (Å²) in [5.74, 6) is -0.119. The number of benzene rings is 2. The molecule has 0 spiro atoms. The van der Waals surface area contributed by atoms with Crippen LogP contribution in [0.15, 0.2) is 48.5 Å². The van der Waals surface area contributed by atoms with E-state index in [-0.39, 0.29) is 11.7 Å². The third kappa shape index (κ3) is 5.27. The van der Waals surface area contributed by atoms with Crippen LogP contribution in [-0.2, 0) is 27.8 Å². The lowest BCUT2D eigenvalue weighted by molar-refractivity contribution is -0.120. The van der Waals surface area contributed by atoms with E-state index in [0.717, 1.165) is 16.7 Å². The molecule has 0 fully saturated rings. The first-order valence-corrected chi connectivity index (χ1v) is 9.29. The number of aryl methyl sites for hydroxylation is 1. The standard InChI is InChI=1S/C19H22FNO2S/c1-14-5-3-4-6-17(14)13-24(23)15(2)19(22)21-12-11-16-7-9-18(20)10-8-16/h3-10,15H,11-13H2,1-2H3,(H,21,22)/t15-,24-/m0/s1. The number of nitrogens with one attached hydrogen (secondary N) is 1. The molecule has 5 heteroatoms.